The van der Waals surface area contributed by atoms with E-state index >= 15 is 0 Å². The van der Waals surface area contributed by atoms with E-state index in [9.17, 15) is 4.80 Å². The summed E-state index contributed by atoms with van der Waals surface area (Å²) in [6.07, 6.45) is 36.0. The van der Waals surface area contributed by atoms with Crippen LogP contribution in [0.25, 0.3) is 0 Å². The van der Waals surface area contributed by atoms with Crippen molar-refractivity contribution in [2.24, 2.45) is 0 Å². The van der Waals surface area contributed by atoms with Gasteiger partial charge in [-0.3, -0.25) is 0 Å². The molecule has 13 rings (SSSR count). The minimum absolute atomic E-state index is 0.0101. The summed E-state index contributed by atoms with van der Waals surface area (Å²) < 4.78 is 99.1. The van der Waals surface area contributed by atoms with Crippen molar-refractivity contribution in [3.8, 4) is 0 Å². The average molecular weight is 1020 g/mol. The highest BCUT2D eigenvalue weighted by Gasteiger charge is 2.88. The third-order valence-electron chi connectivity index (χ3n) is 18.1. The standard InChI is InChI=1S/C42H78O13Si8/c43-63-53-60(40-30-16-5-17-31-40)47-57(37-24-10-2-11-25-37)44-56(36-22-8-1-9-23-36)45-58(49-60,38-26-12-3-13-27-38)51-62(55-63,42-34-20-7-21-35-42)52-59(46-56,39-28-14-4-15-29-39)50-61(48-57,54-63)41-32-18-6-19-33-41/h36-43H,1-35H2. The highest BCUT2D eigenvalue weighted by atomic mass is 28.6. The summed E-state index contributed by atoms with van der Waals surface area (Å²) in [6.45, 7) is 0. The van der Waals surface area contributed by atoms with Crippen LogP contribution in [0.15, 0.2) is 0 Å². The van der Waals surface area contributed by atoms with Gasteiger partial charge in [-0.25, -0.2) is 0 Å². The zero-order valence-electron chi connectivity index (χ0n) is 38.1. The minimum atomic E-state index is -4.83. The predicted octanol–water partition coefficient (Wildman–Crippen LogP) is 11.6. The van der Waals surface area contributed by atoms with Gasteiger partial charge in [0.15, 0.2) is 0 Å². The van der Waals surface area contributed by atoms with Crippen LogP contribution < -0.4 is 0 Å². The fourth-order valence-electron chi connectivity index (χ4n) is 14.8. The molecule has 63 heavy (non-hydrogen) atoms. The van der Waals surface area contributed by atoms with Crippen molar-refractivity contribution in [3.05, 3.63) is 0 Å². The molecule has 0 aromatic heterocycles. The van der Waals surface area contributed by atoms with Crippen LogP contribution in [0.3, 0.4) is 0 Å². The molecule has 13 aliphatic rings. The fourth-order valence-corrected chi connectivity index (χ4v) is 68.2. The van der Waals surface area contributed by atoms with E-state index in [2.05, 4.69) is 0 Å². The van der Waals surface area contributed by atoms with E-state index in [0.29, 0.717) is 0 Å². The molecule has 6 saturated heterocycles. The Morgan fingerprint density at radius 1 is 0.190 bits per heavy atom. The summed E-state index contributed by atoms with van der Waals surface area (Å²) >= 11 is 0. The van der Waals surface area contributed by atoms with Crippen molar-refractivity contribution in [1.29, 1.82) is 0 Å². The lowest BCUT2D eigenvalue weighted by atomic mass is 10.0. The van der Waals surface area contributed by atoms with Gasteiger partial charge in [-0.15, -0.1) is 0 Å². The Labute approximate surface area is 386 Å². The molecule has 1 N–H and O–H groups in total. The van der Waals surface area contributed by atoms with Gasteiger partial charge < -0.3 is 54.2 Å². The molecule has 0 atom stereocenters. The summed E-state index contributed by atoms with van der Waals surface area (Å²) in [7, 11) is -33.4. The lowest BCUT2D eigenvalue weighted by Gasteiger charge is -2.67. The van der Waals surface area contributed by atoms with E-state index in [1.54, 1.807) is 0 Å². The molecule has 6 aliphatic heterocycles. The molecule has 0 aromatic carbocycles. The summed E-state index contributed by atoms with van der Waals surface area (Å²) in [5.41, 5.74) is -0.288. The van der Waals surface area contributed by atoms with Gasteiger partial charge >= 0.3 is 70.7 Å². The van der Waals surface area contributed by atoms with Crippen molar-refractivity contribution in [1.82, 2.24) is 0 Å². The normalized spacial score (nSPS) is 48.3. The van der Waals surface area contributed by atoms with E-state index in [4.69, 9.17) is 49.4 Å². The first kappa shape index (κ1) is 45.4. The Kier molecular flexibility index (Phi) is 12.8. The van der Waals surface area contributed by atoms with Crippen molar-refractivity contribution in [2.75, 3.05) is 0 Å². The third kappa shape index (κ3) is 8.08. The summed E-state index contributed by atoms with van der Waals surface area (Å²) in [6, 6.07) is 0. The molecule has 6 heterocycles. The summed E-state index contributed by atoms with van der Waals surface area (Å²) in [5.74, 6) is 0. The maximum Gasteiger partial charge on any atom is 0.654 e. The van der Waals surface area contributed by atoms with Crippen LogP contribution in [0.1, 0.15) is 225 Å². The SMILES string of the molecule is O[Si]12O[Si]3(C4CCCCC4)O[Si]4(C5CCCCC5)O[Si](C5CCCCC5)(O1)O[Si]1(C5CCCCC5)O[Si](C5CCCCC5)(O2)O[Si](C2CCCCC2)(O3)O[Si](C2CCCCC2)(O4)O1. The maximum atomic E-state index is 13.9. The van der Waals surface area contributed by atoms with Gasteiger partial charge in [0.1, 0.15) is 0 Å². The van der Waals surface area contributed by atoms with Gasteiger partial charge in [0.2, 0.25) is 0 Å². The van der Waals surface area contributed by atoms with E-state index < -0.39 is 70.7 Å². The Hall–Kier alpha value is 1.22. The van der Waals surface area contributed by atoms with Gasteiger partial charge in [0, 0.05) is 38.8 Å². The third-order valence-corrected chi connectivity index (χ3v) is 56.1. The molecule has 356 valence electrons. The fraction of sp³-hybridized carbons (Fsp3) is 1.00. The second-order valence-electron chi connectivity index (χ2n) is 22.3. The first-order valence-electron chi connectivity index (χ1n) is 26.9. The lowest BCUT2D eigenvalue weighted by molar-refractivity contribution is -0.0676. The molecule has 8 bridgehead atoms. The molecule has 0 aromatic rings. The van der Waals surface area contributed by atoms with Crippen molar-refractivity contribution < 1.29 is 54.2 Å². The molecule has 7 aliphatic carbocycles. The Morgan fingerprint density at radius 3 is 0.460 bits per heavy atom. The monoisotopic (exact) mass is 1010 g/mol. The van der Waals surface area contributed by atoms with Crippen LogP contribution in [0, 0.1) is 0 Å². The smallest absolute Gasteiger partial charge is 0.373 e. The molecule has 0 spiro atoms. The maximum absolute atomic E-state index is 13.9. The highest BCUT2D eigenvalue weighted by molar-refractivity contribution is 7.04. The molecule has 0 radical (unpaired) electrons. The summed E-state index contributed by atoms with van der Waals surface area (Å²) in [4.78, 5) is 13.9. The molecule has 21 heteroatoms. The molecule has 7 saturated carbocycles. The summed E-state index contributed by atoms with van der Waals surface area (Å²) in [5, 5.41) is 0. The van der Waals surface area contributed by atoms with E-state index in [0.717, 1.165) is 199 Å². The molecular weight excluding hydrogens is 937 g/mol. The quantitative estimate of drug-likeness (QED) is 0.243. The molecule has 0 amide bonds. The van der Waals surface area contributed by atoms with Gasteiger partial charge in [-0.1, -0.05) is 135 Å². The van der Waals surface area contributed by atoms with Gasteiger partial charge in [0.25, 0.3) is 0 Å². The van der Waals surface area contributed by atoms with Crippen LogP contribution in [-0.2, 0) is 49.4 Å². The molecule has 13 fully saturated rings. The number of rotatable bonds is 7. The zero-order chi connectivity index (χ0) is 42.3. The lowest BCUT2D eigenvalue weighted by Crippen LogP contribution is -2.91. The Bertz CT molecular complexity index is 1430. The topological polar surface area (TPSA) is 131 Å². The van der Waals surface area contributed by atoms with Crippen molar-refractivity contribution in [2.45, 2.75) is 264 Å². The van der Waals surface area contributed by atoms with Crippen LogP contribution in [0.4, 0.5) is 0 Å². The highest BCUT2D eigenvalue weighted by Crippen LogP contribution is 2.65. The first-order valence-corrected chi connectivity index (χ1v) is 41.1. The number of hydrogen-bond acceptors (Lipinski definition) is 13. The Balaban J connectivity index is 1.17. The van der Waals surface area contributed by atoms with Crippen LogP contribution in [0.2, 0.25) is 38.8 Å². The van der Waals surface area contributed by atoms with Crippen molar-refractivity contribution in [3.63, 3.8) is 0 Å². The van der Waals surface area contributed by atoms with E-state index in [1.807, 2.05) is 0 Å². The predicted molar refractivity (Wildman–Crippen MR) is 249 cm³/mol. The Morgan fingerprint density at radius 2 is 0.317 bits per heavy atom. The van der Waals surface area contributed by atoms with E-state index in [1.165, 1.54) is 25.7 Å². The van der Waals surface area contributed by atoms with Gasteiger partial charge in [-0.05, 0) is 89.9 Å². The van der Waals surface area contributed by atoms with E-state index in [-0.39, 0.29) is 38.8 Å². The molecule has 13 nitrogen and oxygen atoms in total. The zero-order valence-corrected chi connectivity index (χ0v) is 46.1. The minimum Gasteiger partial charge on any atom is -0.373 e. The van der Waals surface area contributed by atoms with Crippen LogP contribution in [-0.4, -0.2) is 75.5 Å². The van der Waals surface area contributed by atoms with Gasteiger partial charge in [-0.2, -0.15) is 0 Å². The van der Waals surface area contributed by atoms with Crippen molar-refractivity contribution >= 4 is 70.7 Å². The second kappa shape index (κ2) is 17.8. The molecule has 0 unspecified atom stereocenters. The van der Waals surface area contributed by atoms with Crippen LogP contribution >= 0.6 is 0 Å². The number of hydrogen-bond donors (Lipinski definition) is 1. The van der Waals surface area contributed by atoms with Crippen LogP contribution in [0.5, 0.6) is 0 Å². The first-order chi connectivity index (χ1) is 30.7. The average Bonchev–Trinajstić information content (AvgIpc) is 3.30. The molecular formula is C42H78O13Si8. The largest absolute Gasteiger partial charge is 0.654 e. The van der Waals surface area contributed by atoms with Gasteiger partial charge in [0.05, 0.1) is 0 Å². The second-order valence-corrected chi connectivity index (χ2v) is 47.3.